The predicted molar refractivity (Wildman–Crippen MR) is 52.0 cm³/mol. The molecule has 0 aromatic heterocycles. The molecule has 0 spiro atoms. The zero-order valence-corrected chi connectivity index (χ0v) is 8.06. The Morgan fingerprint density at radius 3 is 2.36 bits per heavy atom. The van der Waals surface area contributed by atoms with Crippen LogP contribution in [0.3, 0.4) is 0 Å². The molecule has 78 valence electrons. The molecule has 0 saturated heterocycles. The Balaban J connectivity index is 4.31. The van der Waals surface area contributed by atoms with E-state index in [4.69, 9.17) is 10.2 Å². The summed E-state index contributed by atoms with van der Waals surface area (Å²) in [5, 5.41) is 17.0. The topological polar surface area (TPSA) is 74.6 Å². The molecule has 2 N–H and O–H groups in total. The normalized spacial score (nSPS) is 11.9. The van der Waals surface area contributed by atoms with E-state index in [1.54, 1.807) is 6.08 Å². The molecule has 0 amide bonds. The van der Waals surface area contributed by atoms with Crippen molar-refractivity contribution in [3.8, 4) is 0 Å². The van der Waals surface area contributed by atoms with Gasteiger partial charge in [-0.2, -0.15) is 0 Å². The second-order valence-corrected chi connectivity index (χ2v) is 2.79. The molecule has 0 heterocycles. The van der Waals surface area contributed by atoms with E-state index >= 15 is 0 Å². The van der Waals surface area contributed by atoms with Gasteiger partial charge in [-0.05, 0) is 6.42 Å². The highest BCUT2D eigenvalue weighted by molar-refractivity contribution is 5.96. The molecule has 0 unspecified atom stereocenters. The van der Waals surface area contributed by atoms with Crippen LogP contribution in [0.4, 0.5) is 0 Å². The highest BCUT2D eigenvalue weighted by Crippen LogP contribution is 2.01. The number of hydrogen-bond donors (Lipinski definition) is 2. The molecule has 0 radical (unpaired) electrons. The van der Waals surface area contributed by atoms with Crippen molar-refractivity contribution < 1.29 is 19.8 Å². The molecule has 4 nitrogen and oxygen atoms in total. The summed E-state index contributed by atoms with van der Waals surface area (Å²) in [6, 6.07) is 0. The van der Waals surface area contributed by atoms with E-state index in [9.17, 15) is 9.59 Å². The van der Waals surface area contributed by atoms with Crippen LogP contribution in [0.2, 0.25) is 0 Å². The number of carboxylic acid groups (broad SMARTS) is 2. The minimum atomic E-state index is -1.25. The van der Waals surface area contributed by atoms with Gasteiger partial charge in [-0.3, -0.25) is 0 Å². The van der Waals surface area contributed by atoms with Crippen molar-refractivity contribution in [3.63, 3.8) is 0 Å². The Kier molecular flexibility index (Phi) is 6.11. The van der Waals surface area contributed by atoms with Crippen molar-refractivity contribution in [1.29, 1.82) is 0 Å². The number of unbranched alkanes of at least 4 members (excludes halogenated alkanes) is 2. The molecule has 0 rings (SSSR count). The highest BCUT2D eigenvalue weighted by Gasteiger charge is 2.04. The lowest BCUT2D eigenvalue weighted by Gasteiger charge is -1.92. The summed E-state index contributed by atoms with van der Waals surface area (Å²) in [6.45, 7) is 2.03. The van der Waals surface area contributed by atoms with E-state index in [1.807, 2.05) is 6.92 Å². The standard InChI is InChI=1S/C10H14O4/c1-2-3-4-5-6-8(10(13)14)7-9(11)12/h5-7H,2-4H2,1H3,(H,11,12)(H,13,14). The molecule has 0 aliphatic carbocycles. The Morgan fingerprint density at radius 1 is 1.29 bits per heavy atom. The number of aliphatic carboxylic acids is 2. The molecule has 0 aromatic rings. The third-order valence-electron chi connectivity index (χ3n) is 1.55. The van der Waals surface area contributed by atoms with Crippen molar-refractivity contribution in [2.45, 2.75) is 26.2 Å². The quantitative estimate of drug-likeness (QED) is 0.388. The zero-order chi connectivity index (χ0) is 11.0. The fourth-order valence-corrected chi connectivity index (χ4v) is 0.846. The van der Waals surface area contributed by atoms with Gasteiger partial charge < -0.3 is 10.2 Å². The van der Waals surface area contributed by atoms with Gasteiger partial charge in [0.05, 0.1) is 5.57 Å². The van der Waals surface area contributed by atoms with Crippen LogP contribution in [0, 0.1) is 0 Å². The van der Waals surface area contributed by atoms with Crippen LogP contribution in [0.5, 0.6) is 0 Å². The molecule has 0 bridgehead atoms. The maximum atomic E-state index is 10.5. The number of carbonyl (C=O) groups is 2. The van der Waals surface area contributed by atoms with Crippen LogP contribution in [-0.4, -0.2) is 22.2 Å². The Morgan fingerprint density at radius 2 is 1.93 bits per heavy atom. The number of carboxylic acids is 2. The summed E-state index contributed by atoms with van der Waals surface area (Å²) in [5.41, 5.74) is -0.200. The monoisotopic (exact) mass is 198 g/mol. The lowest BCUT2D eigenvalue weighted by molar-refractivity contribution is -0.134. The lowest BCUT2D eigenvalue weighted by Crippen LogP contribution is -2.01. The van der Waals surface area contributed by atoms with E-state index in [0.717, 1.165) is 19.3 Å². The summed E-state index contributed by atoms with van der Waals surface area (Å²) in [5.74, 6) is -2.47. The van der Waals surface area contributed by atoms with Gasteiger partial charge in [0.2, 0.25) is 0 Å². The van der Waals surface area contributed by atoms with Crippen LogP contribution in [0.15, 0.2) is 23.8 Å². The first-order valence-electron chi connectivity index (χ1n) is 4.42. The molecular weight excluding hydrogens is 184 g/mol. The predicted octanol–water partition coefficient (Wildman–Crippen LogP) is 1.83. The van der Waals surface area contributed by atoms with Gasteiger partial charge in [0.25, 0.3) is 0 Å². The minimum Gasteiger partial charge on any atom is -0.478 e. The average molecular weight is 198 g/mol. The van der Waals surface area contributed by atoms with Gasteiger partial charge in [-0.25, -0.2) is 9.59 Å². The number of rotatable bonds is 6. The Hall–Kier alpha value is -1.58. The average Bonchev–Trinajstić information content (AvgIpc) is 2.09. The first-order valence-corrected chi connectivity index (χ1v) is 4.42. The molecule has 0 aromatic carbocycles. The Labute approximate surface area is 82.6 Å². The maximum Gasteiger partial charge on any atom is 0.335 e. The summed E-state index contributed by atoms with van der Waals surface area (Å²) < 4.78 is 0. The summed E-state index contributed by atoms with van der Waals surface area (Å²) in [7, 11) is 0. The van der Waals surface area contributed by atoms with Gasteiger partial charge in [0.1, 0.15) is 0 Å². The smallest absolute Gasteiger partial charge is 0.335 e. The SMILES string of the molecule is CCCCC=CC(=CC(=O)O)C(=O)O. The van der Waals surface area contributed by atoms with Crippen LogP contribution in [0.1, 0.15) is 26.2 Å². The Bertz CT molecular complexity index is 263. The van der Waals surface area contributed by atoms with Crippen molar-refractivity contribution in [1.82, 2.24) is 0 Å². The molecule has 0 saturated carbocycles. The first-order chi connectivity index (χ1) is 6.57. The van der Waals surface area contributed by atoms with Crippen LogP contribution in [-0.2, 0) is 9.59 Å². The molecule has 0 fully saturated rings. The molecule has 0 aliphatic heterocycles. The molecule has 4 heteroatoms. The third kappa shape index (κ3) is 5.99. The second kappa shape index (κ2) is 6.88. The van der Waals surface area contributed by atoms with Gasteiger partial charge in [-0.15, -0.1) is 0 Å². The zero-order valence-electron chi connectivity index (χ0n) is 8.06. The van der Waals surface area contributed by atoms with E-state index in [-0.39, 0.29) is 5.57 Å². The number of allylic oxidation sites excluding steroid dienone is 1. The van der Waals surface area contributed by atoms with E-state index < -0.39 is 11.9 Å². The summed E-state index contributed by atoms with van der Waals surface area (Å²) >= 11 is 0. The largest absolute Gasteiger partial charge is 0.478 e. The van der Waals surface area contributed by atoms with Crippen molar-refractivity contribution in [3.05, 3.63) is 23.8 Å². The van der Waals surface area contributed by atoms with Crippen molar-refractivity contribution in [2.75, 3.05) is 0 Å². The molecule has 0 atom stereocenters. The third-order valence-corrected chi connectivity index (χ3v) is 1.55. The fourth-order valence-electron chi connectivity index (χ4n) is 0.846. The van der Waals surface area contributed by atoms with E-state index in [0.29, 0.717) is 6.08 Å². The minimum absolute atomic E-state index is 0.200. The van der Waals surface area contributed by atoms with Gasteiger partial charge in [0, 0.05) is 6.08 Å². The molecule has 0 aliphatic rings. The second-order valence-electron chi connectivity index (χ2n) is 2.79. The lowest BCUT2D eigenvalue weighted by atomic mass is 10.2. The van der Waals surface area contributed by atoms with Crippen LogP contribution >= 0.6 is 0 Å². The summed E-state index contributed by atoms with van der Waals surface area (Å²) in [6.07, 6.45) is 6.44. The maximum absolute atomic E-state index is 10.5. The van der Waals surface area contributed by atoms with Gasteiger partial charge >= 0.3 is 11.9 Å². The first kappa shape index (κ1) is 12.4. The van der Waals surface area contributed by atoms with Gasteiger partial charge in [0.15, 0.2) is 0 Å². The van der Waals surface area contributed by atoms with Crippen LogP contribution in [0.25, 0.3) is 0 Å². The van der Waals surface area contributed by atoms with Crippen molar-refractivity contribution in [2.24, 2.45) is 0 Å². The van der Waals surface area contributed by atoms with E-state index in [1.165, 1.54) is 6.08 Å². The van der Waals surface area contributed by atoms with Gasteiger partial charge in [-0.1, -0.05) is 31.9 Å². The van der Waals surface area contributed by atoms with Crippen LogP contribution < -0.4 is 0 Å². The fraction of sp³-hybridized carbons (Fsp3) is 0.400. The molecule has 14 heavy (non-hydrogen) atoms. The van der Waals surface area contributed by atoms with Crippen molar-refractivity contribution >= 4 is 11.9 Å². The molecular formula is C10H14O4. The summed E-state index contributed by atoms with van der Waals surface area (Å²) in [4.78, 5) is 20.7. The number of hydrogen-bond acceptors (Lipinski definition) is 2. The van der Waals surface area contributed by atoms with E-state index in [2.05, 4.69) is 0 Å². The highest BCUT2D eigenvalue weighted by atomic mass is 16.4.